The minimum Gasteiger partial charge on any atom is -0.497 e. The van der Waals surface area contributed by atoms with Gasteiger partial charge in [0.1, 0.15) is 12.3 Å². The summed E-state index contributed by atoms with van der Waals surface area (Å²) in [4.78, 5) is 37.5. The molecule has 6 heteroatoms. The SMILES string of the molecule is COc1ccc(C(=O)NCC(=O)O[C@H](C(=O)c2ccccc2)c2ccccc2)cc1. The molecule has 1 N–H and O–H groups in total. The molecule has 0 heterocycles. The van der Waals surface area contributed by atoms with Gasteiger partial charge in [0.15, 0.2) is 6.10 Å². The summed E-state index contributed by atoms with van der Waals surface area (Å²) in [5.74, 6) is -0.858. The highest BCUT2D eigenvalue weighted by Crippen LogP contribution is 2.22. The minimum absolute atomic E-state index is 0.336. The number of Topliss-reactive ketones (excluding diaryl/α,β-unsaturated/α-hetero) is 1. The molecule has 3 aromatic carbocycles. The lowest BCUT2D eigenvalue weighted by atomic mass is 10.00. The number of hydrogen-bond donors (Lipinski definition) is 1. The molecule has 0 unspecified atom stereocenters. The number of rotatable bonds is 8. The summed E-state index contributed by atoms with van der Waals surface area (Å²) in [5, 5.41) is 2.51. The van der Waals surface area contributed by atoms with E-state index in [-0.39, 0.29) is 12.3 Å². The van der Waals surface area contributed by atoms with E-state index in [1.54, 1.807) is 78.9 Å². The van der Waals surface area contributed by atoms with E-state index in [0.29, 0.717) is 22.4 Å². The lowest BCUT2D eigenvalue weighted by molar-refractivity contribution is -0.146. The second-order valence-corrected chi connectivity index (χ2v) is 6.42. The summed E-state index contributed by atoms with van der Waals surface area (Å²) in [5.41, 5.74) is 1.37. The second kappa shape index (κ2) is 10.0. The maximum Gasteiger partial charge on any atom is 0.326 e. The Balaban J connectivity index is 1.67. The number of amides is 1. The van der Waals surface area contributed by atoms with Crippen molar-refractivity contribution >= 4 is 17.7 Å². The number of methoxy groups -OCH3 is 1. The Bertz CT molecular complexity index is 1000. The molecule has 0 fully saturated rings. The molecule has 3 rings (SSSR count). The molecule has 1 amide bonds. The number of esters is 1. The van der Waals surface area contributed by atoms with Gasteiger partial charge in [0.2, 0.25) is 5.78 Å². The Hall–Kier alpha value is -3.93. The van der Waals surface area contributed by atoms with E-state index >= 15 is 0 Å². The summed E-state index contributed by atoms with van der Waals surface area (Å²) < 4.78 is 10.5. The van der Waals surface area contributed by atoms with Gasteiger partial charge in [-0.3, -0.25) is 14.4 Å². The number of nitrogens with one attached hydrogen (secondary N) is 1. The third kappa shape index (κ3) is 5.32. The molecule has 0 aliphatic rings. The van der Waals surface area contributed by atoms with Crippen LogP contribution in [0.1, 0.15) is 32.4 Å². The standard InChI is InChI=1S/C24H21NO5/c1-29-20-14-12-19(13-15-20)24(28)25-16-21(26)30-23(18-10-6-3-7-11-18)22(27)17-8-4-2-5-9-17/h2-15,23H,16H2,1H3,(H,25,28)/t23-/m0/s1. The fourth-order valence-corrected chi connectivity index (χ4v) is 2.82. The van der Waals surface area contributed by atoms with E-state index in [9.17, 15) is 14.4 Å². The average Bonchev–Trinajstić information content (AvgIpc) is 2.81. The van der Waals surface area contributed by atoms with Gasteiger partial charge in [0.05, 0.1) is 7.11 Å². The molecule has 1 atom stereocenters. The van der Waals surface area contributed by atoms with Crippen molar-refractivity contribution in [3.8, 4) is 5.75 Å². The zero-order valence-corrected chi connectivity index (χ0v) is 16.4. The first kappa shape index (κ1) is 20.8. The summed E-state index contributed by atoms with van der Waals surface area (Å²) in [7, 11) is 1.53. The van der Waals surface area contributed by atoms with Crippen LogP contribution >= 0.6 is 0 Å². The molecule has 0 aliphatic carbocycles. The van der Waals surface area contributed by atoms with E-state index in [1.807, 2.05) is 6.07 Å². The minimum atomic E-state index is -1.10. The van der Waals surface area contributed by atoms with Crippen LogP contribution < -0.4 is 10.1 Å². The van der Waals surface area contributed by atoms with Gasteiger partial charge in [0, 0.05) is 16.7 Å². The predicted molar refractivity (Wildman–Crippen MR) is 111 cm³/mol. The van der Waals surface area contributed by atoms with Crippen molar-refractivity contribution in [2.24, 2.45) is 0 Å². The highest BCUT2D eigenvalue weighted by molar-refractivity contribution is 6.01. The Kier molecular flexibility index (Phi) is 6.95. The van der Waals surface area contributed by atoms with Crippen LogP contribution in [0.15, 0.2) is 84.9 Å². The van der Waals surface area contributed by atoms with Crippen LogP contribution in [-0.2, 0) is 9.53 Å². The van der Waals surface area contributed by atoms with Crippen LogP contribution in [0.25, 0.3) is 0 Å². The van der Waals surface area contributed by atoms with Gasteiger partial charge in [-0.05, 0) is 24.3 Å². The molecule has 152 valence electrons. The number of ketones is 1. The third-order valence-electron chi connectivity index (χ3n) is 4.39. The number of hydrogen-bond acceptors (Lipinski definition) is 5. The molecule has 0 radical (unpaired) electrons. The van der Waals surface area contributed by atoms with Crippen molar-refractivity contribution in [3.63, 3.8) is 0 Å². The molecule has 30 heavy (non-hydrogen) atoms. The van der Waals surface area contributed by atoms with Gasteiger partial charge < -0.3 is 14.8 Å². The molecule has 0 saturated heterocycles. The van der Waals surface area contributed by atoms with Crippen LogP contribution in [-0.4, -0.2) is 31.3 Å². The quantitative estimate of drug-likeness (QED) is 0.459. The van der Waals surface area contributed by atoms with Crippen molar-refractivity contribution in [1.29, 1.82) is 0 Å². The zero-order chi connectivity index (χ0) is 21.3. The van der Waals surface area contributed by atoms with E-state index in [0.717, 1.165) is 0 Å². The number of carbonyl (C=O) groups excluding carboxylic acids is 3. The normalized spacial score (nSPS) is 11.2. The van der Waals surface area contributed by atoms with Gasteiger partial charge in [-0.1, -0.05) is 60.7 Å². The maximum atomic E-state index is 12.9. The second-order valence-electron chi connectivity index (χ2n) is 6.42. The van der Waals surface area contributed by atoms with E-state index in [4.69, 9.17) is 9.47 Å². The van der Waals surface area contributed by atoms with Gasteiger partial charge >= 0.3 is 5.97 Å². The molecular formula is C24H21NO5. The fraction of sp³-hybridized carbons (Fsp3) is 0.125. The molecule has 0 spiro atoms. The maximum absolute atomic E-state index is 12.9. The molecule has 0 saturated carbocycles. The molecule has 0 bridgehead atoms. The summed E-state index contributed by atoms with van der Waals surface area (Å²) in [6.07, 6.45) is -1.10. The van der Waals surface area contributed by atoms with Crippen LogP contribution in [0, 0.1) is 0 Å². The van der Waals surface area contributed by atoms with E-state index in [1.165, 1.54) is 7.11 Å². The predicted octanol–water partition coefficient (Wildman–Crippen LogP) is 3.59. The van der Waals surface area contributed by atoms with Gasteiger partial charge in [-0.15, -0.1) is 0 Å². The smallest absolute Gasteiger partial charge is 0.326 e. The van der Waals surface area contributed by atoms with Crippen molar-refractivity contribution in [2.75, 3.05) is 13.7 Å². The van der Waals surface area contributed by atoms with Crippen LogP contribution in [0.5, 0.6) is 5.75 Å². The Morgan fingerprint density at radius 3 is 2.00 bits per heavy atom. The number of ether oxygens (including phenoxy) is 2. The average molecular weight is 403 g/mol. The van der Waals surface area contributed by atoms with E-state index in [2.05, 4.69) is 5.32 Å². The Morgan fingerprint density at radius 2 is 1.40 bits per heavy atom. The fourth-order valence-electron chi connectivity index (χ4n) is 2.82. The largest absolute Gasteiger partial charge is 0.497 e. The summed E-state index contributed by atoms with van der Waals surface area (Å²) >= 11 is 0. The number of benzene rings is 3. The molecule has 3 aromatic rings. The molecular weight excluding hydrogens is 382 g/mol. The molecule has 0 aliphatic heterocycles. The van der Waals surface area contributed by atoms with Crippen LogP contribution in [0.2, 0.25) is 0 Å². The van der Waals surface area contributed by atoms with Gasteiger partial charge in [-0.25, -0.2) is 0 Å². The lowest BCUT2D eigenvalue weighted by Gasteiger charge is -2.17. The summed E-state index contributed by atoms with van der Waals surface area (Å²) in [6.45, 7) is -0.365. The highest BCUT2D eigenvalue weighted by atomic mass is 16.5. The summed E-state index contributed by atoms with van der Waals surface area (Å²) in [6, 6.07) is 23.9. The van der Waals surface area contributed by atoms with Crippen molar-refractivity contribution in [1.82, 2.24) is 5.32 Å². The first-order chi connectivity index (χ1) is 14.6. The molecule has 0 aromatic heterocycles. The van der Waals surface area contributed by atoms with E-state index < -0.39 is 18.0 Å². The van der Waals surface area contributed by atoms with Gasteiger partial charge in [0.25, 0.3) is 5.91 Å². The lowest BCUT2D eigenvalue weighted by Crippen LogP contribution is -2.32. The zero-order valence-electron chi connectivity index (χ0n) is 16.4. The monoisotopic (exact) mass is 403 g/mol. The van der Waals surface area contributed by atoms with Gasteiger partial charge in [-0.2, -0.15) is 0 Å². The topological polar surface area (TPSA) is 81.7 Å². The first-order valence-corrected chi connectivity index (χ1v) is 9.34. The Morgan fingerprint density at radius 1 is 0.800 bits per heavy atom. The molecule has 6 nitrogen and oxygen atoms in total. The Labute approximate surface area is 174 Å². The van der Waals surface area contributed by atoms with Crippen molar-refractivity contribution in [2.45, 2.75) is 6.10 Å². The number of carbonyl (C=O) groups is 3. The first-order valence-electron chi connectivity index (χ1n) is 9.34. The van der Waals surface area contributed by atoms with Crippen molar-refractivity contribution in [3.05, 3.63) is 102 Å². The third-order valence-corrected chi connectivity index (χ3v) is 4.39. The van der Waals surface area contributed by atoms with Crippen molar-refractivity contribution < 1.29 is 23.9 Å². The highest BCUT2D eigenvalue weighted by Gasteiger charge is 2.26. The van der Waals surface area contributed by atoms with Crippen LogP contribution in [0.3, 0.4) is 0 Å². The van der Waals surface area contributed by atoms with Crippen LogP contribution in [0.4, 0.5) is 0 Å².